The van der Waals surface area contributed by atoms with Gasteiger partial charge in [0.05, 0.1) is 0 Å². The van der Waals surface area contributed by atoms with Crippen molar-refractivity contribution in [1.29, 1.82) is 0 Å². The SMILES string of the molecule is CN=C(NCc1ccc(C)cc1C)NC1CN(C(C)C)CC1C. The first-order valence-corrected chi connectivity index (χ1v) is 8.68. The van der Waals surface area contributed by atoms with E-state index in [1.807, 2.05) is 7.05 Å². The van der Waals surface area contributed by atoms with E-state index in [0.717, 1.165) is 25.6 Å². The summed E-state index contributed by atoms with van der Waals surface area (Å²) in [7, 11) is 1.84. The van der Waals surface area contributed by atoms with Gasteiger partial charge < -0.3 is 10.6 Å². The third-order valence-electron chi connectivity index (χ3n) is 4.86. The molecule has 1 aliphatic rings. The van der Waals surface area contributed by atoms with Crippen molar-refractivity contribution in [3.8, 4) is 0 Å². The summed E-state index contributed by atoms with van der Waals surface area (Å²) >= 11 is 0. The quantitative estimate of drug-likeness (QED) is 0.663. The maximum atomic E-state index is 4.39. The number of guanidine groups is 1. The number of benzene rings is 1. The van der Waals surface area contributed by atoms with Crippen LogP contribution < -0.4 is 10.6 Å². The highest BCUT2D eigenvalue weighted by molar-refractivity contribution is 5.80. The lowest BCUT2D eigenvalue weighted by molar-refractivity contribution is 0.265. The van der Waals surface area contributed by atoms with Gasteiger partial charge in [-0.3, -0.25) is 9.89 Å². The average Bonchev–Trinajstić information content (AvgIpc) is 2.86. The second-order valence-corrected chi connectivity index (χ2v) is 7.13. The smallest absolute Gasteiger partial charge is 0.191 e. The topological polar surface area (TPSA) is 39.7 Å². The Labute approximate surface area is 141 Å². The van der Waals surface area contributed by atoms with Gasteiger partial charge in [0, 0.05) is 38.8 Å². The van der Waals surface area contributed by atoms with Gasteiger partial charge >= 0.3 is 0 Å². The van der Waals surface area contributed by atoms with Gasteiger partial charge in [0.2, 0.25) is 0 Å². The standard InChI is InChI=1S/C19H32N4/c1-13(2)23-11-16(5)18(12-23)22-19(20-6)21-10-17-8-7-14(3)9-15(17)4/h7-9,13,16,18H,10-12H2,1-6H3,(H2,20,21,22). The van der Waals surface area contributed by atoms with Crippen molar-refractivity contribution in [3.63, 3.8) is 0 Å². The van der Waals surface area contributed by atoms with E-state index in [1.54, 1.807) is 0 Å². The lowest BCUT2D eigenvalue weighted by atomic mass is 10.1. The van der Waals surface area contributed by atoms with Crippen molar-refractivity contribution >= 4 is 5.96 Å². The molecule has 1 heterocycles. The molecule has 0 bridgehead atoms. The Morgan fingerprint density at radius 2 is 2.04 bits per heavy atom. The Morgan fingerprint density at radius 1 is 1.30 bits per heavy atom. The van der Waals surface area contributed by atoms with Gasteiger partial charge in [-0.05, 0) is 44.7 Å². The monoisotopic (exact) mass is 316 g/mol. The second-order valence-electron chi connectivity index (χ2n) is 7.13. The van der Waals surface area contributed by atoms with E-state index in [9.17, 15) is 0 Å². The molecular formula is C19H32N4. The Balaban J connectivity index is 1.91. The molecule has 0 aromatic heterocycles. The molecule has 2 atom stereocenters. The summed E-state index contributed by atoms with van der Waals surface area (Å²) in [4.78, 5) is 6.92. The fourth-order valence-corrected chi connectivity index (χ4v) is 3.21. The fraction of sp³-hybridized carbons (Fsp3) is 0.632. The zero-order valence-electron chi connectivity index (χ0n) is 15.5. The molecule has 0 amide bonds. The highest BCUT2D eigenvalue weighted by Crippen LogP contribution is 2.18. The summed E-state index contributed by atoms with van der Waals surface area (Å²) in [6.07, 6.45) is 0. The van der Waals surface area contributed by atoms with Crippen LogP contribution in [0, 0.1) is 19.8 Å². The highest BCUT2D eigenvalue weighted by atomic mass is 15.3. The van der Waals surface area contributed by atoms with Gasteiger partial charge in [0.15, 0.2) is 5.96 Å². The van der Waals surface area contributed by atoms with Crippen molar-refractivity contribution in [2.75, 3.05) is 20.1 Å². The van der Waals surface area contributed by atoms with Gasteiger partial charge in [-0.1, -0.05) is 30.7 Å². The summed E-state index contributed by atoms with van der Waals surface area (Å²) in [5, 5.41) is 7.06. The van der Waals surface area contributed by atoms with E-state index in [4.69, 9.17) is 0 Å². The van der Waals surface area contributed by atoms with Crippen LogP contribution >= 0.6 is 0 Å². The van der Waals surface area contributed by atoms with Crippen molar-refractivity contribution in [3.05, 3.63) is 34.9 Å². The molecule has 1 aromatic rings. The number of hydrogen-bond donors (Lipinski definition) is 2. The minimum absolute atomic E-state index is 0.461. The second kappa shape index (κ2) is 7.82. The van der Waals surface area contributed by atoms with Crippen molar-refractivity contribution in [2.45, 2.75) is 53.2 Å². The molecule has 1 fully saturated rings. The summed E-state index contributed by atoms with van der Waals surface area (Å²) < 4.78 is 0. The van der Waals surface area contributed by atoms with E-state index >= 15 is 0 Å². The van der Waals surface area contributed by atoms with Gasteiger partial charge in [0.1, 0.15) is 0 Å². The van der Waals surface area contributed by atoms with Crippen molar-refractivity contribution in [1.82, 2.24) is 15.5 Å². The Kier molecular flexibility index (Phi) is 6.05. The first-order valence-electron chi connectivity index (χ1n) is 8.68. The highest BCUT2D eigenvalue weighted by Gasteiger charge is 2.31. The van der Waals surface area contributed by atoms with Crippen LogP contribution in [0.2, 0.25) is 0 Å². The number of rotatable bonds is 4. The minimum Gasteiger partial charge on any atom is -0.352 e. The zero-order chi connectivity index (χ0) is 17.0. The third-order valence-corrected chi connectivity index (χ3v) is 4.86. The van der Waals surface area contributed by atoms with Gasteiger partial charge in [-0.2, -0.15) is 0 Å². The van der Waals surface area contributed by atoms with Gasteiger partial charge in [0.25, 0.3) is 0 Å². The lowest BCUT2D eigenvalue weighted by Gasteiger charge is -2.22. The molecule has 2 N–H and O–H groups in total. The van der Waals surface area contributed by atoms with Gasteiger partial charge in [-0.15, -0.1) is 0 Å². The average molecular weight is 316 g/mol. The maximum absolute atomic E-state index is 4.39. The molecule has 0 saturated carbocycles. The van der Waals surface area contributed by atoms with Crippen LogP contribution in [-0.2, 0) is 6.54 Å². The Hall–Kier alpha value is -1.55. The fourth-order valence-electron chi connectivity index (χ4n) is 3.21. The number of hydrogen-bond acceptors (Lipinski definition) is 2. The molecule has 0 aliphatic carbocycles. The number of likely N-dealkylation sites (tertiary alicyclic amines) is 1. The predicted molar refractivity (Wildman–Crippen MR) is 98.9 cm³/mol. The van der Waals surface area contributed by atoms with Crippen LogP contribution in [0.5, 0.6) is 0 Å². The molecule has 1 aromatic carbocycles. The molecule has 1 aliphatic heterocycles. The summed E-state index contributed by atoms with van der Waals surface area (Å²) in [5.74, 6) is 1.53. The molecule has 2 unspecified atom stereocenters. The van der Waals surface area contributed by atoms with Crippen LogP contribution in [0.3, 0.4) is 0 Å². The molecule has 128 valence electrons. The molecule has 0 spiro atoms. The molecule has 4 nitrogen and oxygen atoms in total. The Bertz CT molecular complexity index is 550. The van der Waals surface area contributed by atoms with Crippen LogP contribution in [0.25, 0.3) is 0 Å². The van der Waals surface area contributed by atoms with Crippen LogP contribution in [0.1, 0.15) is 37.5 Å². The summed E-state index contributed by atoms with van der Waals surface area (Å²) in [6.45, 7) is 14.2. The van der Waals surface area contributed by atoms with E-state index < -0.39 is 0 Å². The largest absolute Gasteiger partial charge is 0.352 e. The molecule has 1 saturated heterocycles. The molecule has 23 heavy (non-hydrogen) atoms. The lowest BCUT2D eigenvalue weighted by Crippen LogP contribution is -2.46. The minimum atomic E-state index is 0.461. The summed E-state index contributed by atoms with van der Waals surface area (Å²) in [5.41, 5.74) is 3.96. The van der Waals surface area contributed by atoms with Crippen LogP contribution in [-0.4, -0.2) is 43.1 Å². The van der Waals surface area contributed by atoms with E-state index in [1.165, 1.54) is 16.7 Å². The molecule has 0 radical (unpaired) electrons. The van der Waals surface area contributed by atoms with Crippen molar-refractivity contribution in [2.24, 2.45) is 10.9 Å². The maximum Gasteiger partial charge on any atom is 0.191 e. The first kappa shape index (κ1) is 17.8. The van der Waals surface area contributed by atoms with Crippen LogP contribution in [0.15, 0.2) is 23.2 Å². The van der Waals surface area contributed by atoms with E-state index in [-0.39, 0.29) is 0 Å². The Morgan fingerprint density at radius 3 is 2.61 bits per heavy atom. The zero-order valence-corrected chi connectivity index (χ0v) is 15.5. The van der Waals surface area contributed by atoms with Gasteiger partial charge in [-0.25, -0.2) is 0 Å². The summed E-state index contributed by atoms with van der Waals surface area (Å²) in [6, 6.07) is 7.66. The normalized spacial score (nSPS) is 22.7. The molecular weight excluding hydrogens is 284 g/mol. The number of nitrogens with zero attached hydrogens (tertiary/aromatic N) is 2. The van der Waals surface area contributed by atoms with E-state index in [2.05, 4.69) is 73.3 Å². The molecule has 4 heteroatoms. The number of nitrogens with one attached hydrogen (secondary N) is 2. The van der Waals surface area contributed by atoms with Crippen LogP contribution in [0.4, 0.5) is 0 Å². The van der Waals surface area contributed by atoms with E-state index in [0.29, 0.717) is 18.0 Å². The third kappa shape index (κ3) is 4.71. The predicted octanol–water partition coefficient (Wildman–Crippen LogP) is 2.70. The van der Waals surface area contributed by atoms with Crippen molar-refractivity contribution < 1.29 is 0 Å². The number of aryl methyl sites for hydroxylation is 2. The number of aliphatic imine (C=N–C) groups is 1. The first-order chi connectivity index (χ1) is 10.9. The molecule has 2 rings (SSSR count).